The number of nitrogens with zero attached hydrogens (tertiary/aromatic N) is 1. The molecule has 1 amide bonds. The number of benzene rings is 1. The van der Waals surface area contributed by atoms with Crippen molar-refractivity contribution >= 4 is 35.7 Å². The van der Waals surface area contributed by atoms with Gasteiger partial charge in [-0.3, -0.25) is 4.79 Å². The first-order valence-electron chi connectivity index (χ1n) is 6.39. The fourth-order valence-electron chi connectivity index (χ4n) is 2.68. The molecule has 3 nitrogen and oxygen atoms in total. The van der Waals surface area contributed by atoms with E-state index in [1.807, 2.05) is 12.1 Å². The second kappa shape index (κ2) is 4.70. The predicted octanol–water partition coefficient (Wildman–Crippen LogP) is 3.62. The molecule has 0 unspecified atom stereocenters. The summed E-state index contributed by atoms with van der Waals surface area (Å²) in [6.45, 7) is 3.28. The molecule has 1 aromatic heterocycles. The van der Waals surface area contributed by atoms with Crippen LogP contribution in [-0.4, -0.2) is 17.6 Å². The standard InChI is InChI=1S/C15H14N2OS/c1-16-15(18)9-6-7-13-11(8-9)14(19)10-4-2-3-5-12(10)17-13/h6-8H,1-5H2,(H,17,19). The van der Waals surface area contributed by atoms with Crippen LogP contribution < -0.4 is 0 Å². The minimum atomic E-state index is -0.311. The average molecular weight is 270 g/mol. The number of aromatic amines is 1. The van der Waals surface area contributed by atoms with E-state index in [1.54, 1.807) is 6.07 Å². The molecule has 0 spiro atoms. The summed E-state index contributed by atoms with van der Waals surface area (Å²) in [6, 6.07) is 5.48. The van der Waals surface area contributed by atoms with Crippen molar-refractivity contribution < 1.29 is 4.79 Å². The first-order chi connectivity index (χ1) is 9.20. The SMILES string of the molecule is C=NC(=O)c1ccc2[nH]c3c(c(=S)c2c1)CCCC3. The van der Waals surface area contributed by atoms with Gasteiger partial charge in [-0.05, 0) is 56.2 Å². The quantitative estimate of drug-likeness (QED) is 0.635. The number of hydrogen-bond donors (Lipinski definition) is 1. The minimum absolute atomic E-state index is 0.311. The number of carbonyl (C=O) groups excluding carboxylic acids is 1. The molecular formula is C15H14N2OS. The maximum Gasteiger partial charge on any atom is 0.276 e. The van der Waals surface area contributed by atoms with E-state index in [2.05, 4.69) is 16.7 Å². The highest BCUT2D eigenvalue weighted by Gasteiger charge is 2.14. The Hall–Kier alpha value is -1.81. The summed E-state index contributed by atoms with van der Waals surface area (Å²) in [4.78, 5) is 18.5. The van der Waals surface area contributed by atoms with E-state index >= 15 is 0 Å². The molecule has 1 N–H and O–H groups in total. The number of rotatable bonds is 1. The molecule has 0 atom stereocenters. The van der Waals surface area contributed by atoms with Crippen LogP contribution in [0.15, 0.2) is 23.2 Å². The Balaban J connectivity index is 2.28. The molecule has 2 aromatic rings. The number of carbonyl (C=O) groups is 1. The monoisotopic (exact) mass is 270 g/mol. The summed E-state index contributed by atoms with van der Waals surface area (Å²) < 4.78 is 0.877. The summed E-state index contributed by atoms with van der Waals surface area (Å²) in [7, 11) is 0. The van der Waals surface area contributed by atoms with Crippen LogP contribution in [0.5, 0.6) is 0 Å². The van der Waals surface area contributed by atoms with Crippen LogP contribution in [0.25, 0.3) is 10.9 Å². The van der Waals surface area contributed by atoms with Gasteiger partial charge in [0.1, 0.15) is 0 Å². The van der Waals surface area contributed by atoms with Gasteiger partial charge in [0.25, 0.3) is 5.91 Å². The Morgan fingerprint density at radius 1 is 1.32 bits per heavy atom. The second-order valence-electron chi connectivity index (χ2n) is 4.84. The van der Waals surface area contributed by atoms with Crippen molar-refractivity contribution in [2.75, 3.05) is 0 Å². The van der Waals surface area contributed by atoms with Crippen molar-refractivity contribution in [3.8, 4) is 0 Å². The van der Waals surface area contributed by atoms with Gasteiger partial charge in [0.15, 0.2) is 0 Å². The molecule has 0 saturated carbocycles. The van der Waals surface area contributed by atoms with Gasteiger partial charge in [-0.2, -0.15) is 0 Å². The molecule has 96 valence electrons. The van der Waals surface area contributed by atoms with Crippen LogP contribution in [0, 0.1) is 4.51 Å². The summed E-state index contributed by atoms with van der Waals surface area (Å²) in [5.41, 5.74) is 4.03. The molecule has 1 aromatic carbocycles. The Morgan fingerprint density at radius 3 is 2.89 bits per heavy atom. The molecule has 1 aliphatic carbocycles. The van der Waals surface area contributed by atoms with E-state index in [-0.39, 0.29) is 5.91 Å². The highest BCUT2D eigenvalue weighted by atomic mass is 32.1. The van der Waals surface area contributed by atoms with Crippen LogP contribution >= 0.6 is 12.2 Å². The highest BCUT2D eigenvalue weighted by molar-refractivity contribution is 7.71. The normalized spacial score (nSPS) is 14.1. The van der Waals surface area contributed by atoms with Gasteiger partial charge in [0.2, 0.25) is 0 Å². The molecule has 0 aliphatic heterocycles. The molecule has 1 aliphatic rings. The van der Waals surface area contributed by atoms with E-state index in [4.69, 9.17) is 12.2 Å². The van der Waals surface area contributed by atoms with Crippen molar-refractivity contribution in [2.45, 2.75) is 25.7 Å². The van der Waals surface area contributed by atoms with Crippen molar-refractivity contribution in [3.63, 3.8) is 0 Å². The summed E-state index contributed by atoms with van der Waals surface area (Å²) >= 11 is 5.59. The Kier molecular flexibility index (Phi) is 3.03. The zero-order valence-electron chi connectivity index (χ0n) is 10.5. The number of aryl methyl sites for hydroxylation is 1. The van der Waals surface area contributed by atoms with E-state index in [9.17, 15) is 4.79 Å². The number of pyridine rings is 1. The van der Waals surface area contributed by atoms with Crippen molar-refractivity contribution in [2.24, 2.45) is 4.99 Å². The zero-order chi connectivity index (χ0) is 13.4. The number of amides is 1. The van der Waals surface area contributed by atoms with Gasteiger partial charge in [0, 0.05) is 22.2 Å². The number of nitrogens with one attached hydrogen (secondary N) is 1. The summed E-state index contributed by atoms with van der Waals surface area (Å²) in [6.07, 6.45) is 4.48. The lowest BCUT2D eigenvalue weighted by molar-refractivity contribution is 0.100. The minimum Gasteiger partial charge on any atom is -0.358 e. The molecule has 1 heterocycles. The van der Waals surface area contributed by atoms with Gasteiger partial charge in [-0.15, -0.1) is 0 Å². The van der Waals surface area contributed by atoms with Crippen LogP contribution in [0.3, 0.4) is 0 Å². The van der Waals surface area contributed by atoms with E-state index in [1.165, 1.54) is 24.1 Å². The number of aromatic nitrogens is 1. The molecule has 0 fully saturated rings. The fraction of sp³-hybridized carbons (Fsp3) is 0.267. The lowest BCUT2D eigenvalue weighted by atomic mass is 9.94. The number of H-pyrrole nitrogens is 1. The van der Waals surface area contributed by atoms with Gasteiger partial charge < -0.3 is 4.98 Å². The first-order valence-corrected chi connectivity index (χ1v) is 6.80. The van der Waals surface area contributed by atoms with Crippen molar-refractivity contribution in [1.82, 2.24) is 4.98 Å². The number of aliphatic imine (C=N–C) groups is 1. The summed E-state index contributed by atoms with van der Waals surface area (Å²) in [5, 5.41) is 0.935. The molecule has 4 heteroatoms. The lowest BCUT2D eigenvalue weighted by Gasteiger charge is -2.17. The van der Waals surface area contributed by atoms with Gasteiger partial charge >= 0.3 is 0 Å². The van der Waals surface area contributed by atoms with Gasteiger partial charge in [0.05, 0.1) is 4.51 Å². The maximum absolute atomic E-state index is 11.6. The number of hydrogen-bond acceptors (Lipinski definition) is 2. The maximum atomic E-state index is 11.6. The topological polar surface area (TPSA) is 45.2 Å². The first kappa shape index (κ1) is 12.2. The van der Waals surface area contributed by atoms with Crippen molar-refractivity contribution in [1.29, 1.82) is 0 Å². The Bertz CT molecular complexity index is 746. The van der Waals surface area contributed by atoms with Crippen LogP contribution in [0.2, 0.25) is 0 Å². The highest BCUT2D eigenvalue weighted by Crippen LogP contribution is 2.26. The predicted molar refractivity (Wildman–Crippen MR) is 79.7 cm³/mol. The van der Waals surface area contributed by atoms with E-state index in [0.29, 0.717) is 5.56 Å². The van der Waals surface area contributed by atoms with Crippen molar-refractivity contribution in [3.05, 3.63) is 39.5 Å². The van der Waals surface area contributed by atoms with Crippen LogP contribution in [0.4, 0.5) is 0 Å². The third-order valence-electron chi connectivity index (χ3n) is 3.68. The molecule has 3 rings (SSSR count). The van der Waals surface area contributed by atoms with Gasteiger partial charge in [-0.25, -0.2) is 4.99 Å². The largest absolute Gasteiger partial charge is 0.358 e. The van der Waals surface area contributed by atoms with Crippen LogP contribution in [0.1, 0.15) is 34.5 Å². The lowest BCUT2D eigenvalue weighted by Crippen LogP contribution is -2.07. The Labute approximate surface area is 116 Å². The number of fused-ring (bicyclic) bond motifs is 2. The third-order valence-corrected chi connectivity index (χ3v) is 4.15. The molecular weight excluding hydrogens is 256 g/mol. The van der Waals surface area contributed by atoms with E-state index in [0.717, 1.165) is 28.3 Å². The zero-order valence-corrected chi connectivity index (χ0v) is 11.3. The average Bonchev–Trinajstić information content (AvgIpc) is 2.46. The smallest absolute Gasteiger partial charge is 0.276 e. The molecule has 0 saturated heterocycles. The van der Waals surface area contributed by atoms with E-state index < -0.39 is 0 Å². The van der Waals surface area contributed by atoms with Crippen LogP contribution in [-0.2, 0) is 12.8 Å². The summed E-state index contributed by atoms with van der Waals surface area (Å²) in [5.74, 6) is -0.311. The molecule has 0 radical (unpaired) electrons. The second-order valence-corrected chi connectivity index (χ2v) is 5.25. The Morgan fingerprint density at radius 2 is 2.11 bits per heavy atom. The fourth-order valence-corrected chi connectivity index (χ4v) is 3.08. The molecule has 0 bridgehead atoms. The van der Waals surface area contributed by atoms with Gasteiger partial charge in [-0.1, -0.05) is 12.2 Å². The third kappa shape index (κ3) is 2.02. The molecule has 19 heavy (non-hydrogen) atoms.